The molecule has 5 rings (SSSR count). The minimum Gasteiger partial charge on any atom is -0.493 e. The Balaban J connectivity index is 1.38. The van der Waals surface area contributed by atoms with E-state index in [9.17, 15) is 4.79 Å². The lowest BCUT2D eigenvalue weighted by Crippen LogP contribution is -2.21. The lowest BCUT2D eigenvalue weighted by atomic mass is 10.2. The van der Waals surface area contributed by atoms with E-state index < -0.39 is 0 Å². The van der Waals surface area contributed by atoms with Crippen LogP contribution in [-0.4, -0.2) is 48.2 Å². The monoisotopic (exact) mass is 461 g/mol. The minimum atomic E-state index is -0.0875. The Bertz CT molecular complexity index is 1380. The van der Waals surface area contributed by atoms with Gasteiger partial charge in [0.25, 0.3) is 0 Å². The number of benzene rings is 2. The first-order valence-electron chi connectivity index (χ1n) is 11.5. The Morgan fingerprint density at radius 3 is 2.71 bits per heavy atom. The SMILES string of the molecule is COc1cc2c(Oc3ccc4c(=O)cc(C)oc4c3)ncnc2cc1OCCCN1CCCC1. The fraction of sp³-hybridized carbons (Fsp3) is 0.346. The van der Waals surface area contributed by atoms with Crippen molar-refractivity contribution in [3.05, 3.63) is 58.7 Å². The molecule has 0 saturated carbocycles. The predicted octanol–water partition coefficient (Wildman–Crippen LogP) is 4.71. The Morgan fingerprint density at radius 1 is 1.03 bits per heavy atom. The minimum absolute atomic E-state index is 0.0875. The summed E-state index contributed by atoms with van der Waals surface area (Å²) in [7, 11) is 1.61. The van der Waals surface area contributed by atoms with Gasteiger partial charge < -0.3 is 23.5 Å². The van der Waals surface area contributed by atoms with Crippen LogP contribution >= 0.6 is 0 Å². The number of aromatic nitrogens is 2. The summed E-state index contributed by atoms with van der Waals surface area (Å²) in [4.78, 5) is 23.3. The lowest BCUT2D eigenvalue weighted by Gasteiger charge is -2.16. The highest BCUT2D eigenvalue weighted by molar-refractivity contribution is 5.87. The summed E-state index contributed by atoms with van der Waals surface area (Å²) in [6.45, 7) is 5.75. The number of hydrogen-bond donors (Lipinski definition) is 0. The summed E-state index contributed by atoms with van der Waals surface area (Å²) in [6, 6.07) is 10.2. The quantitative estimate of drug-likeness (QED) is 0.349. The van der Waals surface area contributed by atoms with Crippen molar-refractivity contribution in [1.82, 2.24) is 14.9 Å². The van der Waals surface area contributed by atoms with Gasteiger partial charge in [0.15, 0.2) is 16.9 Å². The molecule has 1 aliphatic rings. The largest absolute Gasteiger partial charge is 0.493 e. The van der Waals surface area contributed by atoms with Crippen molar-refractivity contribution in [3.63, 3.8) is 0 Å². The highest BCUT2D eigenvalue weighted by Gasteiger charge is 2.15. The molecule has 176 valence electrons. The molecule has 8 nitrogen and oxygen atoms in total. The molecule has 0 bridgehead atoms. The van der Waals surface area contributed by atoms with E-state index in [1.165, 1.54) is 38.3 Å². The van der Waals surface area contributed by atoms with Gasteiger partial charge in [-0.2, -0.15) is 0 Å². The number of nitrogens with zero attached hydrogens (tertiary/aromatic N) is 3. The fourth-order valence-corrected chi connectivity index (χ4v) is 4.30. The molecule has 1 fully saturated rings. The van der Waals surface area contributed by atoms with Crippen LogP contribution in [0, 0.1) is 6.92 Å². The van der Waals surface area contributed by atoms with Gasteiger partial charge in [0, 0.05) is 24.7 Å². The number of fused-ring (bicyclic) bond motifs is 2. The molecule has 0 amide bonds. The maximum absolute atomic E-state index is 12.2. The molecular weight excluding hydrogens is 434 g/mol. The van der Waals surface area contributed by atoms with Crippen molar-refractivity contribution in [1.29, 1.82) is 0 Å². The summed E-state index contributed by atoms with van der Waals surface area (Å²) in [6.07, 6.45) is 4.98. The number of rotatable bonds is 8. The zero-order valence-electron chi connectivity index (χ0n) is 19.4. The molecule has 3 heterocycles. The van der Waals surface area contributed by atoms with Crippen LogP contribution in [-0.2, 0) is 0 Å². The Morgan fingerprint density at radius 2 is 1.88 bits per heavy atom. The van der Waals surface area contributed by atoms with E-state index in [0.717, 1.165) is 13.0 Å². The van der Waals surface area contributed by atoms with E-state index >= 15 is 0 Å². The maximum atomic E-state index is 12.2. The smallest absolute Gasteiger partial charge is 0.230 e. The number of aryl methyl sites for hydroxylation is 1. The Hall–Kier alpha value is -3.65. The molecule has 1 aliphatic heterocycles. The number of ether oxygens (including phenoxy) is 3. The third-order valence-corrected chi connectivity index (χ3v) is 6.00. The summed E-state index contributed by atoms with van der Waals surface area (Å²) in [5.41, 5.74) is 1.06. The van der Waals surface area contributed by atoms with Crippen LogP contribution in [0.25, 0.3) is 21.9 Å². The average Bonchev–Trinajstić information content (AvgIpc) is 3.35. The standard InChI is InChI=1S/C26H27N3O5/c1-17-12-22(30)19-7-6-18(13-23(19)33-17)34-26-20-14-24(31-2)25(15-21(20)27-16-28-26)32-11-5-10-29-8-3-4-9-29/h6-7,12-16H,3-5,8-11H2,1-2H3. The van der Waals surface area contributed by atoms with Crippen LogP contribution < -0.4 is 19.6 Å². The molecule has 4 aromatic rings. The zero-order chi connectivity index (χ0) is 23.5. The fourth-order valence-electron chi connectivity index (χ4n) is 4.30. The molecule has 0 spiro atoms. The second kappa shape index (κ2) is 9.69. The number of hydrogen-bond acceptors (Lipinski definition) is 8. The van der Waals surface area contributed by atoms with Crippen LogP contribution in [0.5, 0.6) is 23.1 Å². The second-order valence-corrected chi connectivity index (χ2v) is 8.43. The molecule has 0 atom stereocenters. The molecule has 34 heavy (non-hydrogen) atoms. The number of methoxy groups -OCH3 is 1. The van der Waals surface area contributed by atoms with Crippen molar-refractivity contribution >= 4 is 21.9 Å². The second-order valence-electron chi connectivity index (χ2n) is 8.43. The van der Waals surface area contributed by atoms with Crippen molar-refractivity contribution in [2.24, 2.45) is 0 Å². The van der Waals surface area contributed by atoms with Crippen molar-refractivity contribution in [2.75, 3.05) is 33.4 Å². The number of likely N-dealkylation sites (tertiary alicyclic amines) is 1. The van der Waals surface area contributed by atoms with E-state index in [1.807, 2.05) is 12.1 Å². The molecule has 0 N–H and O–H groups in total. The van der Waals surface area contributed by atoms with E-state index in [4.69, 9.17) is 18.6 Å². The topological polar surface area (TPSA) is 86.9 Å². The Labute approximate surface area is 197 Å². The first-order valence-corrected chi connectivity index (χ1v) is 11.5. The van der Waals surface area contributed by atoms with E-state index in [-0.39, 0.29) is 5.43 Å². The summed E-state index contributed by atoms with van der Waals surface area (Å²) in [5, 5.41) is 1.19. The van der Waals surface area contributed by atoms with Gasteiger partial charge in [-0.3, -0.25) is 4.79 Å². The summed E-state index contributed by atoms with van der Waals surface area (Å²) in [5.74, 6) is 2.65. The lowest BCUT2D eigenvalue weighted by molar-refractivity contribution is 0.254. The van der Waals surface area contributed by atoms with E-state index in [1.54, 1.807) is 32.2 Å². The van der Waals surface area contributed by atoms with E-state index in [0.29, 0.717) is 57.4 Å². The summed E-state index contributed by atoms with van der Waals surface area (Å²) >= 11 is 0. The molecule has 0 unspecified atom stereocenters. The Kier molecular flexibility index (Phi) is 6.31. The van der Waals surface area contributed by atoms with Gasteiger partial charge in [-0.1, -0.05) is 0 Å². The first-order chi connectivity index (χ1) is 16.6. The average molecular weight is 462 g/mol. The van der Waals surface area contributed by atoms with Gasteiger partial charge in [0.1, 0.15) is 23.4 Å². The molecule has 0 radical (unpaired) electrons. The molecular formula is C26H27N3O5. The van der Waals surface area contributed by atoms with Crippen molar-refractivity contribution in [3.8, 4) is 23.1 Å². The van der Waals surface area contributed by atoms with E-state index in [2.05, 4.69) is 14.9 Å². The predicted molar refractivity (Wildman–Crippen MR) is 129 cm³/mol. The molecule has 0 aliphatic carbocycles. The van der Waals surface area contributed by atoms with Gasteiger partial charge in [0.05, 0.1) is 30.0 Å². The molecule has 8 heteroatoms. The van der Waals surface area contributed by atoms with Crippen molar-refractivity contribution < 1.29 is 18.6 Å². The van der Waals surface area contributed by atoms with Gasteiger partial charge in [-0.15, -0.1) is 0 Å². The van der Waals surface area contributed by atoms with Gasteiger partial charge >= 0.3 is 0 Å². The maximum Gasteiger partial charge on any atom is 0.230 e. The van der Waals surface area contributed by atoms with Crippen LogP contribution in [0.3, 0.4) is 0 Å². The normalized spacial score (nSPS) is 14.1. The van der Waals surface area contributed by atoms with Gasteiger partial charge in [0.2, 0.25) is 5.88 Å². The van der Waals surface area contributed by atoms with Crippen LogP contribution in [0.15, 0.2) is 51.9 Å². The first kappa shape index (κ1) is 22.2. The van der Waals surface area contributed by atoms with Gasteiger partial charge in [-0.25, -0.2) is 9.97 Å². The highest BCUT2D eigenvalue weighted by Crippen LogP contribution is 2.36. The third kappa shape index (κ3) is 4.68. The molecule has 2 aromatic carbocycles. The highest BCUT2D eigenvalue weighted by atomic mass is 16.5. The van der Waals surface area contributed by atoms with Crippen LogP contribution in [0.2, 0.25) is 0 Å². The van der Waals surface area contributed by atoms with Gasteiger partial charge in [-0.05, 0) is 57.5 Å². The van der Waals surface area contributed by atoms with Crippen LogP contribution in [0.1, 0.15) is 25.0 Å². The third-order valence-electron chi connectivity index (χ3n) is 6.00. The molecule has 1 saturated heterocycles. The zero-order valence-corrected chi connectivity index (χ0v) is 19.4. The van der Waals surface area contributed by atoms with Crippen LogP contribution in [0.4, 0.5) is 0 Å². The molecule has 2 aromatic heterocycles. The summed E-state index contributed by atoms with van der Waals surface area (Å²) < 4.78 is 23.4. The van der Waals surface area contributed by atoms with Crippen molar-refractivity contribution in [2.45, 2.75) is 26.2 Å².